The molecule has 5 aromatic rings. The van der Waals surface area contributed by atoms with Crippen molar-refractivity contribution < 1.29 is 13.2 Å². The molecule has 4 heterocycles. The van der Waals surface area contributed by atoms with E-state index in [-0.39, 0.29) is 0 Å². The van der Waals surface area contributed by atoms with Gasteiger partial charge in [-0.15, -0.1) is 0 Å². The lowest BCUT2D eigenvalue weighted by Crippen LogP contribution is -2.27. The SMILES string of the molecule is COc1ccc(Cn2nc(C)nc2-c2nc3ncc(CC4CCCC4)cn3c2-c2cn(S(=O)(=O)N(C)C)cn2)cc1. The van der Waals surface area contributed by atoms with E-state index in [4.69, 9.17) is 19.7 Å². The highest BCUT2D eigenvalue weighted by Crippen LogP contribution is 2.33. The Kier molecular flexibility index (Phi) is 7.08. The Morgan fingerprint density at radius 3 is 2.49 bits per heavy atom. The van der Waals surface area contributed by atoms with Crippen molar-refractivity contribution in [2.75, 3.05) is 21.2 Å². The molecule has 1 aliphatic carbocycles. The number of hydrogen-bond donors (Lipinski definition) is 0. The van der Waals surface area contributed by atoms with Crippen molar-refractivity contribution in [3.8, 4) is 28.7 Å². The largest absolute Gasteiger partial charge is 0.497 e. The first-order valence-electron chi connectivity index (χ1n) is 13.6. The maximum Gasteiger partial charge on any atom is 0.308 e. The fraction of sp³-hybridized carbons (Fsp3) is 0.393. The van der Waals surface area contributed by atoms with Crippen molar-refractivity contribution in [2.45, 2.75) is 45.6 Å². The third-order valence-corrected chi connectivity index (χ3v) is 9.20. The normalized spacial score (nSPS) is 14.5. The Hall–Kier alpha value is -4.10. The quantitative estimate of drug-likeness (QED) is 0.261. The molecule has 1 aromatic carbocycles. The smallest absolute Gasteiger partial charge is 0.308 e. The molecule has 0 aliphatic heterocycles. The second kappa shape index (κ2) is 10.7. The number of imidazole rings is 2. The summed E-state index contributed by atoms with van der Waals surface area (Å²) in [6, 6.07) is 7.77. The number of fused-ring (bicyclic) bond motifs is 1. The van der Waals surface area contributed by atoms with E-state index in [1.165, 1.54) is 52.3 Å². The van der Waals surface area contributed by atoms with Crippen molar-refractivity contribution >= 4 is 16.0 Å². The zero-order chi connectivity index (χ0) is 28.7. The van der Waals surface area contributed by atoms with Gasteiger partial charge < -0.3 is 4.74 Å². The van der Waals surface area contributed by atoms with Gasteiger partial charge in [0, 0.05) is 26.5 Å². The molecule has 0 N–H and O–H groups in total. The van der Waals surface area contributed by atoms with Gasteiger partial charge >= 0.3 is 10.2 Å². The van der Waals surface area contributed by atoms with Gasteiger partial charge in [-0.3, -0.25) is 4.40 Å². The predicted molar refractivity (Wildman–Crippen MR) is 154 cm³/mol. The minimum absolute atomic E-state index is 0.439. The van der Waals surface area contributed by atoms with Gasteiger partial charge in [-0.25, -0.2) is 28.6 Å². The van der Waals surface area contributed by atoms with E-state index in [0.29, 0.717) is 47.0 Å². The molecule has 4 aromatic heterocycles. The number of ether oxygens (including phenoxy) is 1. The number of rotatable bonds is 9. The van der Waals surface area contributed by atoms with Crippen molar-refractivity contribution in [1.29, 1.82) is 0 Å². The molecule has 0 spiro atoms. The van der Waals surface area contributed by atoms with E-state index in [0.717, 1.165) is 31.6 Å². The van der Waals surface area contributed by atoms with Crippen LogP contribution in [0.5, 0.6) is 5.75 Å². The zero-order valence-electron chi connectivity index (χ0n) is 23.6. The van der Waals surface area contributed by atoms with Crippen LogP contribution in [0.15, 0.2) is 49.2 Å². The number of aromatic nitrogens is 8. The van der Waals surface area contributed by atoms with Gasteiger partial charge in [-0.1, -0.05) is 37.8 Å². The van der Waals surface area contributed by atoms with Crippen LogP contribution in [-0.4, -0.2) is 72.0 Å². The summed E-state index contributed by atoms with van der Waals surface area (Å²) in [5.74, 6) is 3.02. The van der Waals surface area contributed by atoms with Crippen LogP contribution in [0.25, 0.3) is 28.7 Å². The number of methoxy groups -OCH3 is 1. The molecule has 41 heavy (non-hydrogen) atoms. The lowest BCUT2D eigenvalue weighted by molar-refractivity contribution is 0.414. The minimum Gasteiger partial charge on any atom is -0.497 e. The standard InChI is InChI=1S/C28H33N9O3S/c1-19-31-27(37(33-19)16-21-9-11-23(40-4)12-10-21)25-26(24-17-35(18-30-24)41(38,39)34(2)3)36-15-22(14-29-28(36)32-25)13-20-7-5-6-8-20/h9-12,14-15,17-18,20H,5-8,13,16H2,1-4H3. The number of nitrogens with zero attached hydrogens (tertiary/aromatic N) is 9. The fourth-order valence-electron chi connectivity index (χ4n) is 5.42. The molecule has 13 heteroatoms. The third kappa shape index (κ3) is 5.22. The maximum atomic E-state index is 12.9. The lowest BCUT2D eigenvalue weighted by Gasteiger charge is -2.11. The monoisotopic (exact) mass is 575 g/mol. The summed E-state index contributed by atoms with van der Waals surface area (Å²) >= 11 is 0. The maximum absolute atomic E-state index is 12.9. The molecule has 0 saturated heterocycles. The first-order chi connectivity index (χ1) is 19.7. The van der Waals surface area contributed by atoms with Crippen LogP contribution in [0.1, 0.15) is 42.6 Å². The Labute approximate surface area is 238 Å². The van der Waals surface area contributed by atoms with Crippen LogP contribution in [0, 0.1) is 12.8 Å². The van der Waals surface area contributed by atoms with Gasteiger partial charge in [-0.05, 0) is 42.5 Å². The van der Waals surface area contributed by atoms with Crippen LogP contribution in [-0.2, 0) is 23.2 Å². The highest BCUT2D eigenvalue weighted by atomic mass is 32.2. The zero-order valence-corrected chi connectivity index (χ0v) is 24.4. The van der Waals surface area contributed by atoms with Crippen LogP contribution in [0.3, 0.4) is 0 Å². The Morgan fingerprint density at radius 2 is 1.78 bits per heavy atom. The Morgan fingerprint density at radius 1 is 1.02 bits per heavy atom. The van der Waals surface area contributed by atoms with Crippen molar-refractivity contribution in [3.05, 3.63) is 66.1 Å². The number of aryl methyl sites for hydroxylation is 1. The van der Waals surface area contributed by atoms with Gasteiger partial charge in [0.05, 0.1) is 19.9 Å². The summed E-state index contributed by atoms with van der Waals surface area (Å²) in [7, 11) is 0.851. The second-order valence-corrected chi connectivity index (χ2v) is 12.7. The first kappa shape index (κ1) is 27.1. The van der Waals surface area contributed by atoms with E-state index in [1.54, 1.807) is 11.8 Å². The molecule has 214 valence electrons. The van der Waals surface area contributed by atoms with Gasteiger partial charge in [0.1, 0.15) is 35.0 Å². The van der Waals surface area contributed by atoms with Crippen LogP contribution < -0.4 is 4.74 Å². The summed E-state index contributed by atoms with van der Waals surface area (Å²) in [4.78, 5) is 18.8. The molecule has 6 rings (SSSR count). The minimum atomic E-state index is -3.75. The van der Waals surface area contributed by atoms with Crippen molar-refractivity contribution in [3.63, 3.8) is 0 Å². The molecule has 1 aliphatic rings. The van der Waals surface area contributed by atoms with E-state index >= 15 is 0 Å². The molecule has 0 amide bonds. The topological polar surface area (TPSA) is 125 Å². The average Bonchev–Trinajstić information content (AvgIpc) is 3.75. The fourth-order valence-corrected chi connectivity index (χ4v) is 6.19. The van der Waals surface area contributed by atoms with E-state index < -0.39 is 10.2 Å². The van der Waals surface area contributed by atoms with Crippen LogP contribution >= 0.6 is 0 Å². The summed E-state index contributed by atoms with van der Waals surface area (Å²) in [6.07, 6.45) is 12.6. The Balaban J connectivity index is 1.49. The van der Waals surface area contributed by atoms with Crippen LogP contribution in [0.4, 0.5) is 0 Å². The molecular weight excluding hydrogens is 542 g/mol. The summed E-state index contributed by atoms with van der Waals surface area (Å²) in [6.45, 7) is 2.29. The second-order valence-electron chi connectivity index (χ2n) is 10.7. The van der Waals surface area contributed by atoms with E-state index in [2.05, 4.69) is 10.1 Å². The predicted octanol–water partition coefficient (Wildman–Crippen LogP) is 3.60. The lowest BCUT2D eigenvalue weighted by atomic mass is 10.0. The summed E-state index contributed by atoms with van der Waals surface area (Å²) in [5, 5.41) is 4.66. The van der Waals surface area contributed by atoms with Crippen molar-refractivity contribution in [2.24, 2.45) is 5.92 Å². The molecule has 1 saturated carbocycles. The van der Waals surface area contributed by atoms with Gasteiger partial charge in [0.2, 0.25) is 5.78 Å². The van der Waals surface area contributed by atoms with Gasteiger partial charge in [0.15, 0.2) is 5.82 Å². The molecule has 1 fully saturated rings. The van der Waals surface area contributed by atoms with Gasteiger partial charge in [-0.2, -0.15) is 17.8 Å². The number of benzene rings is 1. The first-order valence-corrected chi connectivity index (χ1v) is 15.0. The van der Waals surface area contributed by atoms with Gasteiger partial charge in [0.25, 0.3) is 0 Å². The van der Waals surface area contributed by atoms with Crippen molar-refractivity contribution in [1.82, 2.24) is 42.4 Å². The Bertz CT molecular complexity index is 1800. The number of hydrogen-bond acceptors (Lipinski definition) is 8. The van der Waals surface area contributed by atoms with E-state index in [1.807, 2.05) is 48.0 Å². The molecule has 0 atom stereocenters. The van der Waals surface area contributed by atoms with Crippen LogP contribution in [0.2, 0.25) is 0 Å². The summed E-state index contributed by atoms with van der Waals surface area (Å²) in [5.41, 5.74) is 3.69. The molecule has 12 nitrogen and oxygen atoms in total. The molecular formula is C28H33N9O3S. The molecule has 0 unspecified atom stereocenters. The average molecular weight is 576 g/mol. The van der Waals surface area contributed by atoms with E-state index in [9.17, 15) is 8.42 Å². The highest BCUT2D eigenvalue weighted by molar-refractivity contribution is 7.87. The summed E-state index contributed by atoms with van der Waals surface area (Å²) < 4.78 is 37.0. The molecule has 0 bridgehead atoms. The third-order valence-electron chi connectivity index (χ3n) is 7.54. The molecule has 0 radical (unpaired) electrons. The highest BCUT2D eigenvalue weighted by Gasteiger charge is 2.26.